The summed E-state index contributed by atoms with van der Waals surface area (Å²) in [6.45, 7) is -0.279. The van der Waals surface area contributed by atoms with Crippen LogP contribution in [-0.2, 0) is 29.2 Å². The molecule has 0 heterocycles. The van der Waals surface area contributed by atoms with E-state index in [1.165, 1.54) is 14.2 Å². The van der Waals surface area contributed by atoms with Crippen LogP contribution in [-0.4, -0.2) is 89.2 Å². The molecule has 10 heteroatoms. The van der Waals surface area contributed by atoms with Crippen molar-refractivity contribution in [1.82, 2.24) is 0 Å². The molecule has 7 atom stereocenters. The van der Waals surface area contributed by atoms with Gasteiger partial charge >= 0.3 is 11.4 Å². The number of aliphatic hydroxyl groups excluding tert-OH is 4. The Morgan fingerprint density at radius 1 is 1.18 bits per heavy atom. The van der Waals surface area contributed by atoms with E-state index in [1.807, 2.05) is 0 Å². The molecular weight excluding hydrogens is 320 g/mol. The maximum atomic E-state index is 11.8. The molecule has 7 unspecified atom stereocenters. The lowest BCUT2D eigenvalue weighted by atomic mass is 9.81. The van der Waals surface area contributed by atoms with Gasteiger partial charge in [0.25, 0.3) is 0 Å². The van der Waals surface area contributed by atoms with E-state index in [9.17, 15) is 24.6 Å². The van der Waals surface area contributed by atoms with Gasteiger partial charge in [-0.25, -0.2) is 0 Å². The summed E-state index contributed by atoms with van der Waals surface area (Å²) in [6.07, 6.45) is -5.41. The first-order valence-corrected chi connectivity index (χ1v) is 7.83. The normalized spacial score (nSPS) is 35.3. The molecule has 0 aromatic carbocycles. The minimum absolute atomic E-state index is 0.0405. The van der Waals surface area contributed by atoms with Gasteiger partial charge in [-0.05, 0) is 0 Å². The number of rotatable bonds is 9. The molecule has 1 rings (SSSR count). The highest BCUT2D eigenvalue weighted by atomic mass is 32.2. The van der Waals surface area contributed by atoms with Crippen LogP contribution in [0.5, 0.6) is 0 Å². The van der Waals surface area contributed by atoms with Gasteiger partial charge in [0, 0.05) is 26.6 Å². The number of methoxy groups -OCH3 is 2. The molecule has 9 nitrogen and oxygen atoms in total. The fourth-order valence-corrected chi connectivity index (χ4v) is 2.96. The molecule has 0 saturated heterocycles. The zero-order valence-corrected chi connectivity index (χ0v) is 13.3. The molecule has 0 spiro atoms. The molecule has 1 saturated carbocycles. The van der Waals surface area contributed by atoms with Crippen LogP contribution in [0.15, 0.2) is 0 Å². The van der Waals surface area contributed by atoms with E-state index in [1.54, 1.807) is 0 Å². The van der Waals surface area contributed by atoms with Gasteiger partial charge in [-0.1, -0.05) is 0 Å². The highest BCUT2D eigenvalue weighted by Gasteiger charge is 2.44. The van der Waals surface area contributed by atoms with Crippen molar-refractivity contribution < 1.29 is 42.5 Å². The Morgan fingerprint density at radius 3 is 2.41 bits per heavy atom. The van der Waals surface area contributed by atoms with Gasteiger partial charge in [0.05, 0.1) is 38.1 Å². The molecular formula is C12H24O9S. The van der Waals surface area contributed by atoms with Crippen molar-refractivity contribution in [2.75, 3.05) is 34.0 Å². The van der Waals surface area contributed by atoms with Gasteiger partial charge in [-0.2, -0.15) is 4.21 Å². The predicted octanol–water partition coefficient (Wildman–Crippen LogP) is -2.28. The monoisotopic (exact) mass is 344 g/mol. The average molecular weight is 344 g/mol. The zero-order valence-electron chi connectivity index (χ0n) is 12.5. The van der Waals surface area contributed by atoms with Crippen LogP contribution in [0.25, 0.3) is 0 Å². The first kappa shape index (κ1) is 19.9. The summed E-state index contributed by atoms with van der Waals surface area (Å²) in [5.41, 5.74) is 0. The van der Waals surface area contributed by atoms with Crippen molar-refractivity contribution in [3.63, 3.8) is 0 Å². The summed E-state index contributed by atoms with van der Waals surface area (Å²) >= 11 is -2.16. The zero-order chi connectivity index (χ0) is 16.7. The summed E-state index contributed by atoms with van der Waals surface area (Å²) in [6, 6.07) is 0. The number of aliphatic hydroxyl groups is 4. The number of ether oxygens (including phenoxy) is 2. The molecule has 22 heavy (non-hydrogen) atoms. The molecule has 1 aliphatic carbocycles. The molecule has 1 fully saturated rings. The summed E-state index contributed by atoms with van der Waals surface area (Å²) in [5, 5.41) is 38.2. The highest BCUT2D eigenvalue weighted by Crippen LogP contribution is 2.28. The van der Waals surface area contributed by atoms with Crippen molar-refractivity contribution >= 4 is 11.4 Å². The topological polar surface area (TPSA) is 135 Å². The molecule has 4 N–H and O–H groups in total. The third kappa shape index (κ3) is 5.48. The van der Waals surface area contributed by atoms with E-state index in [-0.39, 0.29) is 19.6 Å². The quantitative estimate of drug-likeness (QED) is 0.365. The molecule has 132 valence electrons. The van der Waals surface area contributed by atoms with Gasteiger partial charge < -0.3 is 29.9 Å². The average Bonchev–Trinajstić information content (AvgIpc) is 2.49. The van der Waals surface area contributed by atoms with E-state index in [4.69, 9.17) is 17.8 Å². The van der Waals surface area contributed by atoms with Crippen molar-refractivity contribution in [2.24, 2.45) is 5.92 Å². The molecule has 0 radical (unpaired) electrons. The van der Waals surface area contributed by atoms with Crippen LogP contribution in [0, 0.1) is 5.92 Å². The van der Waals surface area contributed by atoms with Gasteiger partial charge in [-0.15, -0.1) is 0 Å². The minimum Gasteiger partial charge on any atom is -0.396 e. The van der Waals surface area contributed by atoms with Crippen molar-refractivity contribution in [2.45, 2.75) is 36.9 Å². The van der Waals surface area contributed by atoms with Crippen LogP contribution in [0.1, 0.15) is 6.42 Å². The molecule has 0 amide bonds. The van der Waals surface area contributed by atoms with Gasteiger partial charge in [0.1, 0.15) is 12.2 Å². The van der Waals surface area contributed by atoms with Crippen LogP contribution in [0.4, 0.5) is 0 Å². The van der Waals surface area contributed by atoms with Gasteiger partial charge in [0.15, 0.2) is 0 Å². The molecule has 0 aromatic heterocycles. The van der Waals surface area contributed by atoms with Crippen molar-refractivity contribution in [3.05, 3.63) is 0 Å². The standard InChI is InChI=1S/C12H24O9S/c1-18-5-7(19-2)6-20-22(17)21-10-3-9(14)12(16)11(15)8(10)4-13/h7-16H,3-6H2,1-2H3. The fraction of sp³-hybridized carbons (Fsp3) is 1.00. The van der Waals surface area contributed by atoms with Crippen LogP contribution < -0.4 is 0 Å². The maximum Gasteiger partial charge on any atom is 0.304 e. The van der Waals surface area contributed by atoms with Crippen molar-refractivity contribution in [1.29, 1.82) is 0 Å². The SMILES string of the molecule is COCC(COS(=O)OC1CC(O)C(O)C(O)C1CO)OC. The van der Waals surface area contributed by atoms with Crippen LogP contribution >= 0.6 is 0 Å². The lowest BCUT2D eigenvalue weighted by molar-refractivity contribution is -0.151. The number of hydrogen-bond donors (Lipinski definition) is 4. The summed E-state index contributed by atoms with van der Waals surface area (Å²) in [5.74, 6) is -0.872. The largest absolute Gasteiger partial charge is 0.396 e. The summed E-state index contributed by atoms with van der Waals surface area (Å²) in [7, 11) is 2.94. The van der Waals surface area contributed by atoms with E-state index in [2.05, 4.69) is 0 Å². The molecule has 0 bridgehead atoms. The predicted molar refractivity (Wildman–Crippen MR) is 74.9 cm³/mol. The second-order valence-corrected chi connectivity index (χ2v) is 5.90. The minimum atomic E-state index is -2.16. The Balaban J connectivity index is 2.51. The van der Waals surface area contributed by atoms with E-state index >= 15 is 0 Å². The summed E-state index contributed by atoms with van der Waals surface area (Å²) < 4.78 is 31.8. The third-order valence-corrected chi connectivity index (χ3v) is 4.32. The maximum absolute atomic E-state index is 11.8. The van der Waals surface area contributed by atoms with E-state index in [0.29, 0.717) is 0 Å². The first-order valence-electron chi connectivity index (χ1n) is 6.83. The van der Waals surface area contributed by atoms with Crippen molar-refractivity contribution in [3.8, 4) is 0 Å². The Kier molecular flexibility index (Phi) is 8.90. The second-order valence-electron chi connectivity index (χ2n) is 5.07. The molecule has 0 aliphatic heterocycles. The van der Waals surface area contributed by atoms with Gasteiger partial charge in [0.2, 0.25) is 0 Å². The molecule has 0 aromatic rings. The van der Waals surface area contributed by atoms with E-state index < -0.39 is 54.4 Å². The fourth-order valence-electron chi connectivity index (χ4n) is 2.22. The second kappa shape index (κ2) is 9.85. The first-order chi connectivity index (χ1) is 10.4. The lowest BCUT2D eigenvalue weighted by Crippen LogP contribution is -2.54. The highest BCUT2D eigenvalue weighted by molar-refractivity contribution is 7.75. The lowest BCUT2D eigenvalue weighted by Gasteiger charge is -2.39. The van der Waals surface area contributed by atoms with Crippen LogP contribution in [0.3, 0.4) is 0 Å². The molecule has 1 aliphatic rings. The van der Waals surface area contributed by atoms with Crippen LogP contribution in [0.2, 0.25) is 0 Å². The third-order valence-electron chi connectivity index (χ3n) is 3.58. The smallest absolute Gasteiger partial charge is 0.304 e. The Bertz CT molecular complexity index is 343. The van der Waals surface area contributed by atoms with E-state index in [0.717, 1.165) is 0 Å². The van der Waals surface area contributed by atoms with Gasteiger partial charge in [-0.3, -0.25) is 8.37 Å². The Labute approximate surface area is 131 Å². The Morgan fingerprint density at radius 2 is 1.86 bits per heavy atom. The summed E-state index contributed by atoms with van der Waals surface area (Å²) in [4.78, 5) is 0. The Hall–Kier alpha value is -0.170. The number of hydrogen-bond acceptors (Lipinski definition) is 9.